The van der Waals surface area contributed by atoms with E-state index in [2.05, 4.69) is 58.8 Å². The lowest BCUT2D eigenvalue weighted by Gasteiger charge is -2.19. The van der Waals surface area contributed by atoms with Gasteiger partial charge in [-0.15, -0.1) is 0 Å². The Kier molecular flexibility index (Phi) is 3.60. The van der Waals surface area contributed by atoms with Gasteiger partial charge in [-0.3, -0.25) is 9.98 Å². The minimum absolute atomic E-state index is 0.0711. The van der Waals surface area contributed by atoms with Crippen LogP contribution in [0.25, 0.3) is 0 Å². The SMILES string of the molecule is c1ccc(C2N=C(c3ccncc3)NC2c2ccccc2)cc1. The Morgan fingerprint density at radius 2 is 1.30 bits per heavy atom. The molecule has 112 valence electrons. The van der Waals surface area contributed by atoms with E-state index in [0.29, 0.717) is 0 Å². The minimum Gasteiger partial charge on any atom is -0.361 e. The average Bonchev–Trinajstić information content (AvgIpc) is 3.09. The van der Waals surface area contributed by atoms with Crippen LogP contribution >= 0.6 is 0 Å². The van der Waals surface area contributed by atoms with Gasteiger partial charge in [-0.1, -0.05) is 60.7 Å². The van der Waals surface area contributed by atoms with Crippen LogP contribution in [0.2, 0.25) is 0 Å². The van der Waals surface area contributed by atoms with E-state index in [0.717, 1.165) is 11.4 Å². The molecule has 3 heteroatoms. The lowest BCUT2D eigenvalue weighted by atomic mass is 9.95. The topological polar surface area (TPSA) is 37.3 Å². The second-order valence-corrected chi connectivity index (χ2v) is 5.60. The Morgan fingerprint density at radius 3 is 1.96 bits per heavy atom. The number of rotatable bonds is 3. The molecular formula is C20H17N3. The molecule has 0 bridgehead atoms. The molecule has 4 rings (SSSR count). The van der Waals surface area contributed by atoms with Crippen LogP contribution in [0.5, 0.6) is 0 Å². The summed E-state index contributed by atoms with van der Waals surface area (Å²) in [5.41, 5.74) is 3.53. The maximum atomic E-state index is 4.96. The van der Waals surface area contributed by atoms with Crippen LogP contribution in [0.1, 0.15) is 28.8 Å². The van der Waals surface area contributed by atoms with Crippen molar-refractivity contribution in [1.29, 1.82) is 0 Å². The Labute approximate surface area is 135 Å². The number of pyridine rings is 1. The normalized spacial score (nSPS) is 19.9. The zero-order chi connectivity index (χ0) is 15.5. The monoisotopic (exact) mass is 299 g/mol. The molecule has 2 atom stereocenters. The molecule has 0 saturated carbocycles. The molecule has 0 radical (unpaired) electrons. The fourth-order valence-corrected chi connectivity index (χ4v) is 2.99. The van der Waals surface area contributed by atoms with E-state index >= 15 is 0 Å². The van der Waals surface area contributed by atoms with Crippen LogP contribution in [-0.2, 0) is 0 Å². The van der Waals surface area contributed by atoms with Gasteiger partial charge >= 0.3 is 0 Å². The summed E-state index contributed by atoms with van der Waals surface area (Å²) in [6.45, 7) is 0. The van der Waals surface area contributed by atoms with E-state index in [9.17, 15) is 0 Å². The second-order valence-electron chi connectivity index (χ2n) is 5.60. The summed E-state index contributed by atoms with van der Waals surface area (Å²) in [6, 6.07) is 25.1. The number of aliphatic imine (C=N–C) groups is 1. The minimum atomic E-state index is 0.0711. The summed E-state index contributed by atoms with van der Waals surface area (Å²) in [6.07, 6.45) is 3.60. The van der Waals surface area contributed by atoms with E-state index in [1.807, 2.05) is 24.3 Å². The molecule has 1 aromatic heterocycles. The summed E-state index contributed by atoms with van der Waals surface area (Å²) in [5, 5.41) is 3.59. The van der Waals surface area contributed by atoms with E-state index in [-0.39, 0.29) is 12.1 Å². The quantitative estimate of drug-likeness (QED) is 0.796. The first kappa shape index (κ1) is 13.7. The average molecular weight is 299 g/mol. The first-order valence-electron chi connectivity index (χ1n) is 7.76. The van der Waals surface area contributed by atoms with Crippen LogP contribution in [0.3, 0.4) is 0 Å². The Hall–Kier alpha value is -2.94. The zero-order valence-corrected chi connectivity index (χ0v) is 12.6. The predicted molar refractivity (Wildman–Crippen MR) is 92.3 cm³/mol. The van der Waals surface area contributed by atoms with Crippen molar-refractivity contribution in [2.75, 3.05) is 0 Å². The predicted octanol–water partition coefficient (Wildman–Crippen LogP) is 3.91. The van der Waals surface area contributed by atoms with E-state index in [4.69, 9.17) is 4.99 Å². The van der Waals surface area contributed by atoms with Gasteiger partial charge in [0.2, 0.25) is 0 Å². The summed E-state index contributed by atoms with van der Waals surface area (Å²) >= 11 is 0. The van der Waals surface area contributed by atoms with Crippen LogP contribution in [0.4, 0.5) is 0 Å². The Balaban J connectivity index is 1.75. The molecule has 3 aromatic rings. The zero-order valence-electron chi connectivity index (χ0n) is 12.6. The Morgan fingerprint density at radius 1 is 0.696 bits per heavy atom. The molecule has 1 aliphatic heterocycles. The van der Waals surface area contributed by atoms with Crippen molar-refractivity contribution in [1.82, 2.24) is 10.3 Å². The van der Waals surface area contributed by atoms with E-state index < -0.39 is 0 Å². The van der Waals surface area contributed by atoms with Gasteiger partial charge in [0, 0.05) is 18.0 Å². The molecule has 1 N–H and O–H groups in total. The molecule has 2 aromatic carbocycles. The number of nitrogens with one attached hydrogen (secondary N) is 1. The van der Waals surface area contributed by atoms with Crippen molar-refractivity contribution >= 4 is 5.84 Å². The summed E-state index contributed by atoms with van der Waals surface area (Å²) in [4.78, 5) is 9.05. The fraction of sp³-hybridized carbons (Fsp3) is 0.100. The molecule has 0 fully saturated rings. The highest BCUT2D eigenvalue weighted by molar-refractivity contribution is 6.00. The van der Waals surface area contributed by atoms with Gasteiger partial charge in [-0.05, 0) is 23.3 Å². The fourth-order valence-electron chi connectivity index (χ4n) is 2.99. The first-order chi connectivity index (χ1) is 11.4. The molecule has 3 nitrogen and oxygen atoms in total. The van der Waals surface area contributed by atoms with Gasteiger partial charge < -0.3 is 5.32 Å². The van der Waals surface area contributed by atoms with Crippen molar-refractivity contribution in [2.45, 2.75) is 12.1 Å². The largest absolute Gasteiger partial charge is 0.361 e. The second kappa shape index (κ2) is 6.05. The highest BCUT2D eigenvalue weighted by Gasteiger charge is 2.31. The van der Waals surface area contributed by atoms with Crippen molar-refractivity contribution < 1.29 is 0 Å². The lowest BCUT2D eigenvalue weighted by Crippen LogP contribution is -2.25. The standard InChI is InChI=1S/C20H17N3/c1-3-7-15(8-4-1)18-19(16-9-5-2-6-10-16)23-20(22-18)17-11-13-21-14-12-17/h1-14,18-19H,(H,22,23). The highest BCUT2D eigenvalue weighted by Crippen LogP contribution is 2.36. The van der Waals surface area contributed by atoms with E-state index in [1.54, 1.807) is 12.4 Å². The smallest absolute Gasteiger partial charge is 0.129 e. The molecule has 23 heavy (non-hydrogen) atoms. The van der Waals surface area contributed by atoms with Crippen LogP contribution < -0.4 is 5.32 Å². The van der Waals surface area contributed by atoms with Gasteiger partial charge in [0.05, 0.1) is 6.04 Å². The molecule has 1 aliphatic rings. The van der Waals surface area contributed by atoms with Gasteiger partial charge in [0.1, 0.15) is 11.9 Å². The summed E-state index contributed by atoms with van der Waals surface area (Å²) < 4.78 is 0. The first-order valence-corrected chi connectivity index (χ1v) is 7.76. The third-order valence-electron chi connectivity index (χ3n) is 4.13. The number of benzene rings is 2. The molecule has 0 aliphatic carbocycles. The van der Waals surface area contributed by atoms with Crippen molar-refractivity contribution in [3.63, 3.8) is 0 Å². The van der Waals surface area contributed by atoms with Crippen molar-refractivity contribution in [3.05, 3.63) is 102 Å². The van der Waals surface area contributed by atoms with Crippen molar-refractivity contribution in [2.24, 2.45) is 4.99 Å². The van der Waals surface area contributed by atoms with Crippen LogP contribution in [0, 0.1) is 0 Å². The third-order valence-corrected chi connectivity index (χ3v) is 4.13. The summed E-state index contributed by atoms with van der Waals surface area (Å²) in [7, 11) is 0. The van der Waals surface area contributed by atoms with E-state index in [1.165, 1.54) is 11.1 Å². The highest BCUT2D eigenvalue weighted by atomic mass is 15.1. The maximum Gasteiger partial charge on any atom is 0.129 e. The Bertz CT molecular complexity index is 798. The van der Waals surface area contributed by atoms with Gasteiger partial charge in [-0.2, -0.15) is 0 Å². The number of hydrogen-bond donors (Lipinski definition) is 1. The number of amidine groups is 1. The number of nitrogens with zero attached hydrogens (tertiary/aromatic N) is 2. The van der Waals surface area contributed by atoms with Gasteiger partial charge in [-0.25, -0.2) is 0 Å². The number of hydrogen-bond acceptors (Lipinski definition) is 3. The molecule has 2 unspecified atom stereocenters. The summed E-state index contributed by atoms with van der Waals surface area (Å²) in [5.74, 6) is 0.926. The van der Waals surface area contributed by atoms with Crippen molar-refractivity contribution in [3.8, 4) is 0 Å². The molecule has 0 spiro atoms. The number of aromatic nitrogens is 1. The van der Waals surface area contributed by atoms with Crippen LogP contribution in [-0.4, -0.2) is 10.8 Å². The molecule has 2 heterocycles. The maximum absolute atomic E-state index is 4.96. The van der Waals surface area contributed by atoms with Gasteiger partial charge in [0.25, 0.3) is 0 Å². The lowest BCUT2D eigenvalue weighted by molar-refractivity contribution is 0.572. The van der Waals surface area contributed by atoms with Gasteiger partial charge in [0.15, 0.2) is 0 Å². The molecule has 0 saturated heterocycles. The molecule has 0 amide bonds. The molecular weight excluding hydrogens is 282 g/mol. The van der Waals surface area contributed by atoms with Crippen LogP contribution in [0.15, 0.2) is 90.2 Å². The third kappa shape index (κ3) is 2.73.